The van der Waals surface area contributed by atoms with Gasteiger partial charge in [0.05, 0.1) is 17.4 Å². The van der Waals surface area contributed by atoms with Gasteiger partial charge >= 0.3 is 6.18 Å². The van der Waals surface area contributed by atoms with Crippen LogP contribution >= 0.6 is 0 Å². The van der Waals surface area contributed by atoms with E-state index in [0.717, 1.165) is 4.52 Å². The summed E-state index contributed by atoms with van der Waals surface area (Å²) < 4.78 is 61.2. The zero-order chi connectivity index (χ0) is 19.0. The Kier molecular flexibility index (Phi) is 4.15. The van der Waals surface area contributed by atoms with Gasteiger partial charge in [0, 0.05) is 18.5 Å². The van der Waals surface area contributed by atoms with Gasteiger partial charge in [-0.15, -0.1) is 0 Å². The van der Waals surface area contributed by atoms with Crippen LogP contribution in [-0.4, -0.2) is 23.8 Å². The molecule has 0 radical (unpaired) electrons. The highest BCUT2D eigenvalue weighted by Crippen LogP contribution is 2.34. The maximum Gasteiger partial charge on any atom is 0.421 e. The monoisotopic (exact) mass is 393 g/mol. The second-order valence-electron chi connectivity index (χ2n) is 5.35. The van der Waals surface area contributed by atoms with E-state index >= 15 is 0 Å². The van der Waals surface area contributed by atoms with Crippen LogP contribution in [0, 0.1) is 0 Å². The summed E-state index contributed by atoms with van der Waals surface area (Å²) in [6.45, 7) is 0. The summed E-state index contributed by atoms with van der Waals surface area (Å²) in [5.41, 5.74) is -1.29. The van der Waals surface area contributed by atoms with E-state index in [9.17, 15) is 17.4 Å². The van der Waals surface area contributed by atoms with E-state index in [-0.39, 0.29) is 17.3 Å². The number of alkyl halides is 3. The van der Waals surface area contributed by atoms with Gasteiger partial charge in [0.2, 0.25) is 0 Å². The molecule has 11 heteroatoms. The zero-order valence-corrected chi connectivity index (χ0v) is 14.2. The summed E-state index contributed by atoms with van der Waals surface area (Å²) in [4.78, 5) is 8.24. The van der Waals surface area contributed by atoms with Crippen LogP contribution in [0.4, 0.5) is 19.0 Å². The van der Waals surface area contributed by atoms with Gasteiger partial charge in [-0.25, -0.2) is 9.19 Å². The van der Waals surface area contributed by atoms with Crippen LogP contribution < -0.4 is 4.72 Å². The second kappa shape index (κ2) is 6.50. The number of hydrogen-bond donors (Lipinski definition) is 1. The predicted octanol–water partition coefficient (Wildman–Crippen LogP) is 3.54. The Balaban J connectivity index is 1.86. The standard InChI is InChI=1S/C16H10F3N5O2S/c17-16(18,19)11-9-21-24-14(23-27(25)10-3-1-5-20-8-10)7-12(22-15(11)24)13-4-2-6-26-13/h1-9,23H. The molecule has 4 aromatic rings. The highest BCUT2D eigenvalue weighted by atomic mass is 32.2. The minimum atomic E-state index is -4.64. The molecule has 1 unspecified atom stereocenters. The first kappa shape index (κ1) is 17.2. The molecule has 0 aliphatic carbocycles. The molecule has 0 saturated carbocycles. The third-order valence-electron chi connectivity index (χ3n) is 3.60. The van der Waals surface area contributed by atoms with Crippen molar-refractivity contribution in [2.24, 2.45) is 0 Å². The molecule has 4 aromatic heterocycles. The number of furan rings is 1. The van der Waals surface area contributed by atoms with Crippen molar-refractivity contribution >= 4 is 22.5 Å². The van der Waals surface area contributed by atoms with Crippen molar-refractivity contribution in [1.82, 2.24) is 19.6 Å². The molecular weight excluding hydrogens is 383 g/mol. The van der Waals surface area contributed by atoms with Crippen molar-refractivity contribution in [2.75, 3.05) is 4.72 Å². The minimum Gasteiger partial charge on any atom is -0.463 e. The van der Waals surface area contributed by atoms with E-state index in [1.807, 2.05) is 0 Å². The van der Waals surface area contributed by atoms with Crippen molar-refractivity contribution in [1.29, 1.82) is 0 Å². The average Bonchev–Trinajstić information content (AvgIpc) is 3.31. The highest BCUT2D eigenvalue weighted by Gasteiger charge is 2.36. The maximum absolute atomic E-state index is 13.3. The minimum absolute atomic E-state index is 0.0593. The van der Waals surface area contributed by atoms with E-state index in [2.05, 4.69) is 19.8 Å². The Morgan fingerprint density at radius 2 is 2.04 bits per heavy atom. The van der Waals surface area contributed by atoms with Gasteiger partial charge in [0.15, 0.2) is 22.4 Å². The van der Waals surface area contributed by atoms with Crippen LogP contribution in [0.15, 0.2) is 64.5 Å². The molecular formula is C16H10F3N5O2S. The third-order valence-corrected chi connectivity index (χ3v) is 4.66. The van der Waals surface area contributed by atoms with Crippen molar-refractivity contribution in [2.45, 2.75) is 11.1 Å². The van der Waals surface area contributed by atoms with E-state index in [1.165, 1.54) is 24.7 Å². The fourth-order valence-electron chi connectivity index (χ4n) is 2.40. The average molecular weight is 393 g/mol. The van der Waals surface area contributed by atoms with Gasteiger partial charge in [0.25, 0.3) is 0 Å². The molecule has 27 heavy (non-hydrogen) atoms. The molecule has 0 spiro atoms. The molecule has 1 N–H and O–H groups in total. The number of anilines is 1. The zero-order valence-electron chi connectivity index (χ0n) is 13.3. The van der Waals surface area contributed by atoms with E-state index < -0.39 is 28.4 Å². The lowest BCUT2D eigenvalue weighted by atomic mass is 10.3. The van der Waals surface area contributed by atoms with Gasteiger partial charge in [-0.3, -0.25) is 9.71 Å². The van der Waals surface area contributed by atoms with E-state index in [0.29, 0.717) is 11.1 Å². The summed E-state index contributed by atoms with van der Waals surface area (Å²) in [5, 5.41) is 3.75. The predicted molar refractivity (Wildman–Crippen MR) is 90.0 cm³/mol. The first-order valence-electron chi connectivity index (χ1n) is 7.52. The Labute approximate surface area is 152 Å². The molecule has 4 heterocycles. The van der Waals surface area contributed by atoms with Crippen LogP contribution in [0.25, 0.3) is 17.1 Å². The van der Waals surface area contributed by atoms with E-state index in [4.69, 9.17) is 4.42 Å². The normalized spacial score (nSPS) is 13.0. The molecule has 138 valence electrons. The molecule has 0 amide bonds. The SMILES string of the molecule is O=S(Nc1cc(-c2ccco2)nc2c(C(F)(F)F)cnn12)c1cccnc1. The number of aromatic nitrogens is 4. The molecule has 0 bridgehead atoms. The van der Waals surface area contributed by atoms with Crippen molar-refractivity contribution in [3.63, 3.8) is 0 Å². The van der Waals surface area contributed by atoms with Crippen LogP contribution in [0.3, 0.4) is 0 Å². The number of hydrogen-bond acceptors (Lipinski definition) is 5. The van der Waals surface area contributed by atoms with Gasteiger partial charge in [-0.05, 0) is 24.3 Å². The van der Waals surface area contributed by atoms with Crippen molar-refractivity contribution in [3.05, 3.63) is 60.7 Å². The molecule has 0 fully saturated rings. The third kappa shape index (κ3) is 3.28. The van der Waals surface area contributed by atoms with Gasteiger partial charge < -0.3 is 4.42 Å². The molecule has 0 saturated heterocycles. The molecule has 0 aliphatic rings. The summed E-state index contributed by atoms with van der Waals surface area (Å²) in [6, 6.07) is 7.73. The first-order valence-corrected chi connectivity index (χ1v) is 8.67. The number of fused-ring (bicyclic) bond motifs is 1. The summed E-state index contributed by atoms with van der Waals surface area (Å²) in [7, 11) is -1.77. The lowest BCUT2D eigenvalue weighted by Gasteiger charge is -2.10. The van der Waals surface area contributed by atoms with Crippen LogP contribution in [0.5, 0.6) is 0 Å². The number of halogens is 3. The Morgan fingerprint density at radius 1 is 1.19 bits per heavy atom. The van der Waals surface area contributed by atoms with Crippen LogP contribution in [0.2, 0.25) is 0 Å². The number of rotatable bonds is 4. The smallest absolute Gasteiger partial charge is 0.421 e. The quantitative estimate of drug-likeness (QED) is 0.573. The molecule has 0 aliphatic heterocycles. The Morgan fingerprint density at radius 3 is 2.70 bits per heavy atom. The first-order chi connectivity index (χ1) is 12.9. The topological polar surface area (TPSA) is 85.3 Å². The maximum atomic E-state index is 13.3. The summed E-state index contributed by atoms with van der Waals surface area (Å²) >= 11 is 0. The van der Waals surface area contributed by atoms with Crippen LogP contribution in [-0.2, 0) is 17.2 Å². The summed E-state index contributed by atoms with van der Waals surface area (Å²) in [5.74, 6) is 0.325. The number of nitrogens with zero attached hydrogens (tertiary/aromatic N) is 4. The molecule has 0 aromatic carbocycles. The molecule has 4 rings (SSSR count). The molecule has 1 atom stereocenters. The number of nitrogens with one attached hydrogen (secondary N) is 1. The number of pyridine rings is 1. The summed E-state index contributed by atoms with van der Waals surface area (Å²) in [6.07, 6.45) is 0.314. The Hall–Kier alpha value is -3.21. The highest BCUT2D eigenvalue weighted by molar-refractivity contribution is 7.86. The lowest BCUT2D eigenvalue weighted by Crippen LogP contribution is -2.11. The fourth-order valence-corrected chi connectivity index (χ4v) is 3.21. The van der Waals surface area contributed by atoms with Gasteiger partial charge in [-0.1, -0.05) is 0 Å². The Bertz CT molecular complexity index is 1110. The van der Waals surface area contributed by atoms with Gasteiger partial charge in [0.1, 0.15) is 17.1 Å². The van der Waals surface area contributed by atoms with E-state index in [1.54, 1.807) is 24.3 Å². The lowest BCUT2D eigenvalue weighted by molar-refractivity contribution is -0.136. The largest absolute Gasteiger partial charge is 0.463 e. The molecule has 7 nitrogen and oxygen atoms in total. The van der Waals surface area contributed by atoms with Crippen LogP contribution in [0.1, 0.15) is 5.56 Å². The van der Waals surface area contributed by atoms with Crippen molar-refractivity contribution < 1.29 is 21.8 Å². The second-order valence-corrected chi connectivity index (χ2v) is 6.57. The fraction of sp³-hybridized carbons (Fsp3) is 0.0625. The van der Waals surface area contributed by atoms with Crippen molar-refractivity contribution in [3.8, 4) is 11.5 Å². The van der Waals surface area contributed by atoms with Gasteiger partial charge in [-0.2, -0.15) is 22.8 Å².